The molecule has 0 saturated heterocycles. The Balaban J connectivity index is 3.94. The highest BCUT2D eigenvalue weighted by atomic mass is 16.4. The lowest BCUT2D eigenvalue weighted by atomic mass is 10.1. The Morgan fingerprint density at radius 1 is 0.900 bits per heavy atom. The number of carbonyl (C=O) groups is 1. The van der Waals surface area contributed by atoms with Gasteiger partial charge in [0.15, 0.2) is 0 Å². The zero-order valence-corrected chi connectivity index (χ0v) is 13.9. The van der Waals surface area contributed by atoms with Crippen LogP contribution in [-0.2, 0) is 4.79 Å². The topological polar surface area (TPSA) is 40.5 Å². The molecule has 3 nitrogen and oxygen atoms in total. The molecule has 0 radical (unpaired) electrons. The van der Waals surface area contributed by atoms with Gasteiger partial charge in [0.05, 0.1) is 5.92 Å². The molecule has 0 aromatic heterocycles. The van der Waals surface area contributed by atoms with Gasteiger partial charge in [0.1, 0.15) is 0 Å². The second-order valence-corrected chi connectivity index (χ2v) is 6.01. The average Bonchev–Trinajstić information content (AvgIpc) is 2.42. The molecule has 0 aliphatic heterocycles. The van der Waals surface area contributed by atoms with E-state index in [9.17, 15) is 4.79 Å². The Morgan fingerprint density at radius 3 is 1.80 bits per heavy atom. The molecule has 1 unspecified atom stereocenters. The largest absolute Gasteiger partial charge is 0.481 e. The fourth-order valence-corrected chi connectivity index (χ4v) is 2.46. The lowest BCUT2D eigenvalue weighted by Gasteiger charge is -2.24. The summed E-state index contributed by atoms with van der Waals surface area (Å²) in [5.74, 6) is -0.925. The highest BCUT2D eigenvalue weighted by Crippen LogP contribution is 2.09. The maximum atomic E-state index is 11.0. The third-order valence-electron chi connectivity index (χ3n) is 3.86. The van der Waals surface area contributed by atoms with Crippen LogP contribution in [0.15, 0.2) is 0 Å². The van der Waals surface area contributed by atoms with Gasteiger partial charge in [-0.3, -0.25) is 4.79 Å². The van der Waals surface area contributed by atoms with Gasteiger partial charge in [-0.2, -0.15) is 0 Å². The van der Waals surface area contributed by atoms with E-state index in [1.165, 1.54) is 57.8 Å². The molecule has 1 atom stereocenters. The fourth-order valence-electron chi connectivity index (χ4n) is 2.46. The van der Waals surface area contributed by atoms with E-state index in [-0.39, 0.29) is 5.92 Å². The molecule has 0 aromatic rings. The van der Waals surface area contributed by atoms with Crippen LogP contribution in [0.2, 0.25) is 0 Å². The fraction of sp³-hybridized carbons (Fsp3) is 0.941. The first kappa shape index (κ1) is 19.4. The molecule has 0 aromatic carbocycles. The van der Waals surface area contributed by atoms with Gasteiger partial charge in [0.2, 0.25) is 0 Å². The number of rotatable bonds is 14. The molecule has 120 valence electrons. The second-order valence-electron chi connectivity index (χ2n) is 6.01. The summed E-state index contributed by atoms with van der Waals surface area (Å²) in [6, 6.07) is 0. The van der Waals surface area contributed by atoms with E-state index in [1.807, 2.05) is 6.92 Å². The predicted octanol–water partition coefficient (Wildman–Crippen LogP) is 4.56. The molecule has 0 heterocycles. The smallest absolute Gasteiger partial charge is 0.307 e. The molecule has 0 amide bonds. The van der Waals surface area contributed by atoms with E-state index < -0.39 is 5.97 Å². The third-order valence-corrected chi connectivity index (χ3v) is 3.86. The first-order chi connectivity index (χ1) is 9.61. The van der Waals surface area contributed by atoms with Crippen LogP contribution in [0.1, 0.15) is 78.6 Å². The van der Waals surface area contributed by atoms with Crippen molar-refractivity contribution in [2.75, 3.05) is 19.6 Å². The average molecular weight is 285 g/mol. The van der Waals surface area contributed by atoms with Crippen LogP contribution in [0, 0.1) is 5.92 Å². The quantitative estimate of drug-likeness (QED) is 0.476. The summed E-state index contributed by atoms with van der Waals surface area (Å²) >= 11 is 0. The van der Waals surface area contributed by atoms with Crippen LogP contribution < -0.4 is 0 Å². The molecule has 1 N–H and O–H groups in total. The van der Waals surface area contributed by atoms with E-state index in [0.29, 0.717) is 6.54 Å². The maximum Gasteiger partial charge on any atom is 0.307 e. The standard InChI is InChI=1S/C17H35NO2/c1-4-6-8-10-12-14-18(13-11-9-7-5-2)15-16(3)17(19)20/h16H,4-15H2,1-3H3,(H,19,20). The van der Waals surface area contributed by atoms with E-state index >= 15 is 0 Å². The number of nitrogens with zero attached hydrogens (tertiary/aromatic N) is 1. The zero-order valence-electron chi connectivity index (χ0n) is 13.9. The second kappa shape index (κ2) is 13.4. The van der Waals surface area contributed by atoms with Crippen LogP contribution in [0.4, 0.5) is 0 Å². The Morgan fingerprint density at radius 2 is 1.35 bits per heavy atom. The first-order valence-corrected chi connectivity index (χ1v) is 8.56. The molecular weight excluding hydrogens is 250 g/mol. The minimum absolute atomic E-state index is 0.253. The molecule has 0 saturated carbocycles. The van der Waals surface area contributed by atoms with Crippen molar-refractivity contribution in [2.24, 2.45) is 5.92 Å². The molecule has 0 bridgehead atoms. The minimum Gasteiger partial charge on any atom is -0.481 e. The summed E-state index contributed by atoms with van der Waals surface area (Å²) in [6.45, 7) is 9.10. The van der Waals surface area contributed by atoms with Crippen LogP contribution in [0.5, 0.6) is 0 Å². The lowest BCUT2D eigenvalue weighted by molar-refractivity contribution is -0.141. The van der Waals surface area contributed by atoms with E-state index in [4.69, 9.17) is 5.11 Å². The SMILES string of the molecule is CCCCCCCN(CCCCCC)CC(C)C(=O)O. The van der Waals surface area contributed by atoms with E-state index in [0.717, 1.165) is 13.1 Å². The van der Waals surface area contributed by atoms with Gasteiger partial charge in [0, 0.05) is 6.54 Å². The summed E-state index contributed by atoms with van der Waals surface area (Å²) in [6.07, 6.45) is 11.4. The van der Waals surface area contributed by atoms with Crippen molar-refractivity contribution in [3.05, 3.63) is 0 Å². The number of carboxylic acids is 1. The molecular formula is C17H35NO2. The predicted molar refractivity (Wildman–Crippen MR) is 86.1 cm³/mol. The van der Waals surface area contributed by atoms with Crippen molar-refractivity contribution in [1.29, 1.82) is 0 Å². The number of hydrogen-bond acceptors (Lipinski definition) is 2. The van der Waals surface area contributed by atoms with Crippen molar-refractivity contribution in [2.45, 2.75) is 78.6 Å². The Kier molecular flexibility index (Phi) is 13.0. The normalized spacial score (nSPS) is 12.8. The van der Waals surface area contributed by atoms with Gasteiger partial charge in [-0.15, -0.1) is 0 Å². The van der Waals surface area contributed by atoms with Crippen molar-refractivity contribution in [3.8, 4) is 0 Å². The van der Waals surface area contributed by atoms with Crippen molar-refractivity contribution in [3.63, 3.8) is 0 Å². The molecule has 0 aliphatic rings. The number of carboxylic acid groups (broad SMARTS) is 1. The molecule has 20 heavy (non-hydrogen) atoms. The van der Waals surface area contributed by atoms with Gasteiger partial charge >= 0.3 is 5.97 Å². The summed E-state index contributed by atoms with van der Waals surface area (Å²) in [5.41, 5.74) is 0. The van der Waals surface area contributed by atoms with Crippen LogP contribution in [-0.4, -0.2) is 35.6 Å². The van der Waals surface area contributed by atoms with E-state index in [2.05, 4.69) is 18.7 Å². The van der Waals surface area contributed by atoms with Gasteiger partial charge in [-0.1, -0.05) is 65.7 Å². The summed E-state index contributed by atoms with van der Waals surface area (Å²) in [7, 11) is 0. The number of aliphatic carboxylic acids is 1. The molecule has 3 heteroatoms. The maximum absolute atomic E-state index is 11.0. The first-order valence-electron chi connectivity index (χ1n) is 8.56. The lowest BCUT2D eigenvalue weighted by Crippen LogP contribution is -2.33. The van der Waals surface area contributed by atoms with Crippen LogP contribution in [0.3, 0.4) is 0 Å². The monoisotopic (exact) mass is 285 g/mol. The Labute approximate surface area is 125 Å². The van der Waals surface area contributed by atoms with Crippen molar-refractivity contribution in [1.82, 2.24) is 4.90 Å². The van der Waals surface area contributed by atoms with Crippen molar-refractivity contribution < 1.29 is 9.90 Å². The number of hydrogen-bond donors (Lipinski definition) is 1. The van der Waals surface area contributed by atoms with Gasteiger partial charge in [0.25, 0.3) is 0 Å². The van der Waals surface area contributed by atoms with Crippen LogP contribution >= 0.6 is 0 Å². The summed E-state index contributed by atoms with van der Waals surface area (Å²) in [4.78, 5) is 13.4. The van der Waals surface area contributed by atoms with E-state index in [1.54, 1.807) is 0 Å². The van der Waals surface area contributed by atoms with Crippen LogP contribution in [0.25, 0.3) is 0 Å². The van der Waals surface area contributed by atoms with Crippen molar-refractivity contribution >= 4 is 5.97 Å². The summed E-state index contributed by atoms with van der Waals surface area (Å²) < 4.78 is 0. The zero-order chi connectivity index (χ0) is 15.2. The molecule has 0 rings (SSSR count). The highest BCUT2D eigenvalue weighted by molar-refractivity contribution is 5.69. The summed E-state index contributed by atoms with van der Waals surface area (Å²) in [5, 5.41) is 9.06. The van der Waals surface area contributed by atoms with Gasteiger partial charge < -0.3 is 10.0 Å². The Hall–Kier alpha value is -0.570. The molecule has 0 spiro atoms. The number of unbranched alkanes of at least 4 members (excludes halogenated alkanes) is 7. The van der Waals surface area contributed by atoms with Gasteiger partial charge in [-0.25, -0.2) is 0 Å². The molecule has 0 fully saturated rings. The van der Waals surface area contributed by atoms with Gasteiger partial charge in [-0.05, 0) is 25.9 Å². The minimum atomic E-state index is -0.672. The molecule has 0 aliphatic carbocycles. The third kappa shape index (κ3) is 11.3. The highest BCUT2D eigenvalue weighted by Gasteiger charge is 2.15. The Bertz CT molecular complexity index is 231.